The van der Waals surface area contributed by atoms with Gasteiger partial charge in [-0.25, -0.2) is 9.48 Å². The number of fused-ring (bicyclic) bond motifs is 1. The van der Waals surface area contributed by atoms with Crippen molar-refractivity contribution in [3.8, 4) is 0 Å². The van der Waals surface area contributed by atoms with Crippen LogP contribution in [-0.2, 0) is 0 Å². The van der Waals surface area contributed by atoms with Gasteiger partial charge < -0.3 is 5.11 Å². The summed E-state index contributed by atoms with van der Waals surface area (Å²) < 4.78 is 1.71. The number of carboxylic acid groups (broad SMARTS) is 1. The summed E-state index contributed by atoms with van der Waals surface area (Å²) in [6.07, 6.45) is 0. The number of hydrogen-bond donors (Lipinski definition) is 1. The molecule has 0 amide bonds. The van der Waals surface area contributed by atoms with Crippen LogP contribution < -0.4 is 0 Å². The van der Waals surface area contributed by atoms with Crippen LogP contribution in [0.5, 0.6) is 0 Å². The number of aromatic nitrogens is 3. The fourth-order valence-electron chi connectivity index (χ4n) is 1.83. The number of benzene rings is 1. The molecule has 2 aromatic rings. The third-order valence-electron chi connectivity index (χ3n) is 2.70. The molecular formula is C12H15N3O2S. The van der Waals surface area contributed by atoms with Crippen molar-refractivity contribution in [3.63, 3.8) is 0 Å². The maximum absolute atomic E-state index is 11.2. The summed E-state index contributed by atoms with van der Waals surface area (Å²) in [5, 5.41) is 17.3. The molecule has 0 radical (unpaired) electrons. The quantitative estimate of drug-likeness (QED) is 0.899. The second-order valence-electron chi connectivity index (χ2n) is 4.02. The van der Waals surface area contributed by atoms with Gasteiger partial charge in [0.15, 0.2) is 0 Å². The highest BCUT2D eigenvalue weighted by molar-refractivity contribution is 7.99. The number of para-hydroxylation sites is 1. The van der Waals surface area contributed by atoms with Crippen molar-refractivity contribution in [1.82, 2.24) is 15.0 Å². The van der Waals surface area contributed by atoms with Crippen molar-refractivity contribution >= 4 is 28.8 Å². The first-order valence-electron chi connectivity index (χ1n) is 5.80. The lowest BCUT2D eigenvalue weighted by Crippen LogP contribution is -2.12. The van der Waals surface area contributed by atoms with E-state index in [1.54, 1.807) is 34.6 Å². The lowest BCUT2D eigenvalue weighted by atomic mass is 10.2. The SMILES string of the molecule is CCSCC(C)n1nnc2cccc(C(=O)O)c21. The molecule has 0 bridgehead atoms. The van der Waals surface area contributed by atoms with Crippen LogP contribution >= 0.6 is 11.8 Å². The van der Waals surface area contributed by atoms with E-state index in [0.29, 0.717) is 11.0 Å². The predicted molar refractivity (Wildman–Crippen MR) is 72.2 cm³/mol. The van der Waals surface area contributed by atoms with Gasteiger partial charge in [-0.05, 0) is 24.8 Å². The van der Waals surface area contributed by atoms with Gasteiger partial charge in [-0.1, -0.05) is 18.2 Å². The lowest BCUT2D eigenvalue weighted by Gasteiger charge is -2.12. The minimum absolute atomic E-state index is 0.125. The zero-order chi connectivity index (χ0) is 13.1. The largest absolute Gasteiger partial charge is 0.478 e. The first-order valence-corrected chi connectivity index (χ1v) is 6.95. The maximum atomic E-state index is 11.2. The monoisotopic (exact) mass is 265 g/mol. The van der Waals surface area contributed by atoms with E-state index < -0.39 is 5.97 Å². The van der Waals surface area contributed by atoms with Crippen LogP contribution in [0.25, 0.3) is 11.0 Å². The van der Waals surface area contributed by atoms with Crippen LogP contribution in [-0.4, -0.2) is 37.6 Å². The topological polar surface area (TPSA) is 68.0 Å². The van der Waals surface area contributed by atoms with Crippen molar-refractivity contribution in [2.45, 2.75) is 19.9 Å². The average molecular weight is 265 g/mol. The second kappa shape index (κ2) is 5.39. The third kappa shape index (κ3) is 2.33. The molecule has 0 fully saturated rings. The molecule has 5 nitrogen and oxygen atoms in total. The Morgan fingerprint density at radius 1 is 1.56 bits per heavy atom. The van der Waals surface area contributed by atoms with Gasteiger partial charge in [0, 0.05) is 5.75 Å². The molecule has 0 aliphatic carbocycles. The highest BCUT2D eigenvalue weighted by atomic mass is 32.2. The minimum atomic E-state index is -0.945. The van der Waals surface area contributed by atoms with Gasteiger partial charge in [-0.15, -0.1) is 5.10 Å². The van der Waals surface area contributed by atoms with Gasteiger partial charge in [0.2, 0.25) is 0 Å². The minimum Gasteiger partial charge on any atom is -0.478 e. The Bertz CT molecular complexity index is 567. The molecule has 0 saturated heterocycles. The van der Waals surface area contributed by atoms with E-state index in [2.05, 4.69) is 17.2 Å². The summed E-state index contributed by atoms with van der Waals surface area (Å²) in [4.78, 5) is 11.2. The Kier molecular flexibility index (Phi) is 3.86. The van der Waals surface area contributed by atoms with Crippen LogP contribution in [0.1, 0.15) is 30.2 Å². The van der Waals surface area contributed by atoms with Gasteiger partial charge in [0.25, 0.3) is 0 Å². The maximum Gasteiger partial charge on any atom is 0.337 e. The van der Waals surface area contributed by atoms with E-state index >= 15 is 0 Å². The van der Waals surface area contributed by atoms with E-state index in [-0.39, 0.29) is 11.6 Å². The fourth-order valence-corrected chi connectivity index (χ4v) is 2.55. The molecule has 18 heavy (non-hydrogen) atoms. The Balaban J connectivity index is 2.48. The Labute approximate surface area is 109 Å². The number of carbonyl (C=O) groups is 1. The molecule has 6 heteroatoms. The number of nitrogens with zero attached hydrogens (tertiary/aromatic N) is 3. The van der Waals surface area contributed by atoms with Gasteiger partial charge in [-0.3, -0.25) is 0 Å². The normalized spacial score (nSPS) is 12.8. The van der Waals surface area contributed by atoms with E-state index in [1.165, 1.54) is 0 Å². The molecule has 0 spiro atoms. The summed E-state index contributed by atoms with van der Waals surface area (Å²) in [6, 6.07) is 5.19. The van der Waals surface area contributed by atoms with Crippen molar-refractivity contribution in [2.24, 2.45) is 0 Å². The first kappa shape index (κ1) is 12.9. The van der Waals surface area contributed by atoms with Crippen LogP contribution in [0.3, 0.4) is 0 Å². The van der Waals surface area contributed by atoms with Crippen molar-refractivity contribution < 1.29 is 9.90 Å². The molecule has 96 valence electrons. The number of aromatic carboxylic acids is 1. The van der Waals surface area contributed by atoms with Gasteiger partial charge in [-0.2, -0.15) is 11.8 Å². The average Bonchev–Trinajstić information content (AvgIpc) is 2.79. The number of thioether (sulfide) groups is 1. The molecule has 1 heterocycles. The second-order valence-corrected chi connectivity index (χ2v) is 5.34. The summed E-state index contributed by atoms with van der Waals surface area (Å²) >= 11 is 1.80. The molecule has 0 aliphatic rings. The first-order chi connectivity index (χ1) is 8.65. The molecule has 2 rings (SSSR count). The van der Waals surface area contributed by atoms with E-state index in [4.69, 9.17) is 0 Å². The van der Waals surface area contributed by atoms with Crippen LogP contribution in [0, 0.1) is 0 Å². The molecule has 1 atom stereocenters. The standard InChI is InChI=1S/C12H15N3O2S/c1-3-18-7-8(2)15-11-9(12(16)17)5-4-6-10(11)13-14-15/h4-6,8H,3,7H2,1-2H3,(H,16,17). The van der Waals surface area contributed by atoms with Crippen molar-refractivity contribution in [1.29, 1.82) is 0 Å². The number of carboxylic acids is 1. The molecule has 0 saturated carbocycles. The summed E-state index contributed by atoms with van der Waals surface area (Å²) in [6.45, 7) is 4.12. The third-order valence-corrected chi connectivity index (χ3v) is 3.83. The van der Waals surface area contributed by atoms with Gasteiger partial charge >= 0.3 is 5.97 Å². The van der Waals surface area contributed by atoms with Crippen LogP contribution in [0.4, 0.5) is 0 Å². The van der Waals surface area contributed by atoms with Crippen molar-refractivity contribution in [3.05, 3.63) is 23.8 Å². The molecule has 1 N–H and O–H groups in total. The zero-order valence-corrected chi connectivity index (χ0v) is 11.1. The highest BCUT2D eigenvalue weighted by Crippen LogP contribution is 2.22. The number of hydrogen-bond acceptors (Lipinski definition) is 4. The van der Waals surface area contributed by atoms with Crippen LogP contribution in [0.15, 0.2) is 18.2 Å². The van der Waals surface area contributed by atoms with Gasteiger partial charge in [0.1, 0.15) is 11.0 Å². The van der Waals surface area contributed by atoms with E-state index in [0.717, 1.165) is 11.5 Å². The molecule has 1 aromatic carbocycles. The number of rotatable bonds is 5. The summed E-state index contributed by atoms with van der Waals surface area (Å²) in [5.74, 6) is 0.977. The Morgan fingerprint density at radius 2 is 2.33 bits per heavy atom. The molecular weight excluding hydrogens is 250 g/mol. The smallest absolute Gasteiger partial charge is 0.337 e. The van der Waals surface area contributed by atoms with Gasteiger partial charge in [0.05, 0.1) is 11.6 Å². The summed E-state index contributed by atoms with van der Waals surface area (Å²) in [5.41, 5.74) is 1.49. The molecule has 1 aromatic heterocycles. The lowest BCUT2D eigenvalue weighted by molar-refractivity contribution is 0.0698. The fraction of sp³-hybridized carbons (Fsp3) is 0.417. The summed E-state index contributed by atoms with van der Waals surface area (Å²) in [7, 11) is 0. The Morgan fingerprint density at radius 3 is 3.00 bits per heavy atom. The van der Waals surface area contributed by atoms with E-state index in [9.17, 15) is 9.90 Å². The van der Waals surface area contributed by atoms with Crippen molar-refractivity contribution in [2.75, 3.05) is 11.5 Å². The Hall–Kier alpha value is -1.56. The predicted octanol–water partition coefficient (Wildman–Crippen LogP) is 2.44. The molecule has 1 unspecified atom stereocenters. The zero-order valence-electron chi connectivity index (χ0n) is 10.3. The van der Waals surface area contributed by atoms with Crippen LogP contribution in [0.2, 0.25) is 0 Å². The molecule has 0 aliphatic heterocycles. The highest BCUT2D eigenvalue weighted by Gasteiger charge is 2.17. The van der Waals surface area contributed by atoms with E-state index in [1.807, 2.05) is 6.92 Å².